The minimum Gasteiger partial charge on any atom is -0.466 e. The lowest BCUT2D eigenvalue weighted by Crippen LogP contribution is -2.32. The second kappa shape index (κ2) is 3.72. The van der Waals surface area contributed by atoms with Crippen LogP contribution >= 0.6 is 0 Å². The third-order valence-corrected chi connectivity index (χ3v) is 2.31. The van der Waals surface area contributed by atoms with Gasteiger partial charge in [0.2, 0.25) is 0 Å². The topological polar surface area (TPSA) is 46.5 Å². The lowest BCUT2D eigenvalue weighted by Gasteiger charge is -2.34. The van der Waals surface area contributed by atoms with Crippen molar-refractivity contribution in [3.05, 3.63) is 0 Å². The lowest BCUT2D eigenvalue weighted by molar-refractivity contribution is -0.144. The smallest absolute Gasteiger partial charge is 0.302 e. The molecule has 0 heterocycles. The zero-order chi connectivity index (χ0) is 8.27. The third kappa shape index (κ3) is 2.19. The molecular formula is C8H14O3. The summed E-state index contributed by atoms with van der Waals surface area (Å²) in [6.45, 7) is 2.12. The maximum atomic E-state index is 10.4. The Kier molecular flexibility index (Phi) is 2.88. The van der Waals surface area contributed by atoms with E-state index in [1.807, 2.05) is 0 Å². The maximum absolute atomic E-state index is 10.4. The van der Waals surface area contributed by atoms with E-state index in [4.69, 9.17) is 9.84 Å². The Labute approximate surface area is 66.4 Å². The van der Waals surface area contributed by atoms with Crippen molar-refractivity contribution >= 4 is 5.97 Å². The highest BCUT2D eigenvalue weighted by molar-refractivity contribution is 5.65. The number of carbonyl (C=O) groups excluding carboxylic acids is 1. The van der Waals surface area contributed by atoms with Crippen LogP contribution in [0.2, 0.25) is 0 Å². The molecule has 0 aromatic rings. The normalized spacial score (nSPS) is 29.3. The average molecular weight is 158 g/mol. The van der Waals surface area contributed by atoms with Crippen LogP contribution in [-0.4, -0.2) is 24.3 Å². The Bertz CT molecular complexity index is 142. The van der Waals surface area contributed by atoms with Crippen LogP contribution < -0.4 is 0 Å². The molecule has 1 rings (SSSR count). The first-order valence-electron chi connectivity index (χ1n) is 3.98. The van der Waals surface area contributed by atoms with Gasteiger partial charge in [0.25, 0.3) is 0 Å². The van der Waals surface area contributed by atoms with E-state index in [2.05, 4.69) is 0 Å². The van der Waals surface area contributed by atoms with Crippen molar-refractivity contribution in [3.8, 4) is 0 Å². The summed E-state index contributed by atoms with van der Waals surface area (Å²) in [6, 6.07) is 0. The van der Waals surface area contributed by atoms with Crippen LogP contribution in [0.5, 0.6) is 0 Å². The second-order valence-electron chi connectivity index (χ2n) is 3.08. The molecule has 1 aliphatic rings. The van der Waals surface area contributed by atoms with Gasteiger partial charge in [-0.25, -0.2) is 0 Å². The minimum atomic E-state index is -0.228. The van der Waals surface area contributed by atoms with Crippen molar-refractivity contribution in [3.63, 3.8) is 0 Å². The van der Waals surface area contributed by atoms with Crippen molar-refractivity contribution in [1.82, 2.24) is 0 Å². The lowest BCUT2D eigenvalue weighted by atomic mass is 9.75. The van der Waals surface area contributed by atoms with E-state index in [0.717, 1.165) is 12.8 Å². The largest absolute Gasteiger partial charge is 0.466 e. The van der Waals surface area contributed by atoms with Gasteiger partial charge in [0, 0.05) is 13.5 Å². The molecule has 3 nitrogen and oxygen atoms in total. The van der Waals surface area contributed by atoms with Crippen LogP contribution in [0.15, 0.2) is 0 Å². The number of ether oxygens (including phenoxy) is 1. The van der Waals surface area contributed by atoms with Gasteiger partial charge in [-0.3, -0.25) is 4.79 Å². The zero-order valence-corrected chi connectivity index (χ0v) is 6.75. The summed E-state index contributed by atoms with van der Waals surface area (Å²) in [5, 5.41) is 8.78. The summed E-state index contributed by atoms with van der Waals surface area (Å²) in [7, 11) is 0. The van der Waals surface area contributed by atoms with Gasteiger partial charge in [0.1, 0.15) is 0 Å². The Balaban J connectivity index is 2.12. The fraction of sp³-hybridized carbons (Fsp3) is 0.875. The molecule has 0 radical (unpaired) electrons. The van der Waals surface area contributed by atoms with Gasteiger partial charge < -0.3 is 9.84 Å². The molecule has 64 valence electrons. The van der Waals surface area contributed by atoms with Gasteiger partial charge in [-0.2, -0.15) is 0 Å². The first-order valence-corrected chi connectivity index (χ1v) is 3.98. The number of esters is 1. The Morgan fingerprint density at radius 2 is 2.18 bits per heavy atom. The fourth-order valence-electron chi connectivity index (χ4n) is 1.32. The van der Waals surface area contributed by atoms with Gasteiger partial charge in [-0.15, -0.1) is 0 Å². The van der Waals surface area contributed by atoms with Crippen LogP contribution in [0.4, 0.5) is 0 Å². The van der Waals surface area contributed by atoms with E-state index >= 15 is 0 Å². The highest BCUT2D eigenvalue weighted by Crippen LogP contribution is 2.33. The van der Waals surface area contributed by atoms with Crippen LogP contribution in [0, 0.1) is 11.8 Å². The summed E-state index contributed by atoms with van der Waals surface area (Å²) in [4.78, 5) is 10.4. The standard InChI is InChI=1S/C8H14O3/c1-6(10)11-5-8-3-2-7(8)4-9/h7-9H,2-5H2,1H3/t7-,8-/m1/s1. The number of hydrogen-bond acceptors (Lipinski definition) is 3. The summed E-state index contributed by atoms with van der Waals surface area (Å²) < 4.78 is 4.83. The molecule has 11 heavy (non-hydrogen) atoms. The number of hydrogen-bond donors (Lipinski definition) is 1. The van der Waals surface area contributed by atoms with E-state index in [9.17, 15) is 4.79 Å². The highest BCUT2D eigenvalue weighted by atomic mass is 16.5. The van der Waals surface area contributed by atoms with E-state index in [1.165, 1.54) is 6.92 Å². The molecule has 2 atom stereocenters. The van der Waals surface area contributed by atoms with Crippen molar-refractivity contribution in [2.45, 2.75) is 19.8 Å². The van der Waals surface area contributed by atoms with Crippen molar-refractivity contribution in [1.29, 1.82) is 0 Å². The Morgan fingerprint density at radius 3 is 2.55 bits per heavy atom. The van der Waals surface area contributed by atoms with Crippen LogP contribution in [0.1, 0.15) is 19.8 Å². The van der Waals surface area contributed by atoms with Crippen molar-refractivity contribution < 1.29 is 14.6 Å². The average Bonchev–Trinajstić information content (AvgIpc) is 1.86. The Morgan fingerprint density at radius 1 is 1.55 bits per heavy atom. The van der Waals surface area contributed by atoms with Crippen LogP contribution in [0.3, 0.4) is 0 Å². The molecule has 0 aliphatic heterocycles. The molecule has 0 bridgehead atoms. The van der Waals surface area contributed by atoms with Gasteiger partial charge in [0.15, 0.2) is 0 Å². The van der Waals surface area contributed by atoms with E-state index < -0.39 is 0 Å². The van der Waals surface area contributed by atoms with E-state index in [0.29, 0.717) is 18.4 Å². The van der Waals surface area contributed by atoms with Gasteiger partial charge in [0.05, 0.1) is 6.61 Å². The zero-order valence-electron chi connectivity index (χ0n) is 6.75. The molecule has 0 aromatic heterocycles. The van der Waals surface area contributed by atoms with E-state index in [1.54, 1.807) is 0 Å². The predicted octanol–water partition coefficient (Wildman–Crippen LogP) is 0.568. The molecule has 0 amide bonds. The molecule has 3 heteroatoms. The summed E-state index contributed by atoms with van der Waals surface area (Å²) in [5.74, 6) is 0.548. The molecule has 1 N–H and O–H groups in total. The molecule has 1 saturated carbocycles. The van der Waals surface area contributed by atoms with Gasteiger partial charge in [-0.1, -0.05) is 0 Å². The number of aliphatic hydroxyl groups is 1. The summed E-state index contributed by atoms with van der Waals surface area (Å²) >= 11 is 0. The fourth-order valence-corrected chi connectivity index (χ4v) is 1.32. The van der Waals surface area contributed by atoms with E-state index in [-0.39, 0.29) is 12.6 Å². The summed E-state index contributed by atoms with van der Waals surface area (Å²) in [5.41, 5.74) is 0. The first kappa shape index (κ1) is 8.53. The minimum absolute atomic E-state index is 0.228. The third-order valence-electron chi connectivity index (χ3n) is 2.31. The number of aliphatic hydroxyl groups excluding tert-OH is 1. The van der Waals surface area contributed by atoms with Gasteiger partial charge in [-0.05, 0) is 24.7 Å². The summed E-state index contributed by atoms with van der Waals surface area (Å²) in [6.07, 6.45) is 2.15. The van der Waals surface area contributed by atoms with Crippen LogP contribution in [-0.2, 0) is 9.53 Å². The molecule has 1 fully saturated rings. The number of rotatable bonds is 3. The van der Waals surface area contributed by atoms with Crippen molar-refractivity contribution in [2.75, 3.05) is 13.2 Å². The number of carbonyl (C=O) groups is 1. The SMILES string of the molecule is CC(=O)OC[C@H]1CC[C@@H]1CO. The van der Waals surface area contributed by atoms with Gasteiger partial charge >= 0.3 is 5.97 Å². The molecule has 0 saturated heterocycles. The Hall–Kier alpha value is -0.570. The second-order valence-corrected chi connectivity index (χ2v) is 3.08. The maximum Gasteiger partial charge on any atom is 0.302 e. The molecule has 1 aliphatic carbocycles. The first-order chi connectivity index (χ1) is 5.24. The monoisotopic (exact) mass is 158 g/mol. The quantitative estimate of drug-likeness (QED) is 0.611. The molecular weight excluding hydrogens is 144 g/mol. The molecule has 0 unspecified atom stereocenters. The molecule has 0 aromatic carbocycles. The predicted molar refractivity (Wildman–Crippen MR) is 39.9 cm³/mol. The van der Waals surface area contributed by atoms with Crippen molar-refractivity contribution in [2.24, 2.45) is 11.8 Å². The molecule has 0 spiro atoms. The van der Waals surface area contributed by atoms with Crippen LogP contribution in [0.25, 0.3) is 0 Å². The highest BCUT2D eigenvalue weighted by Gasteiger charge is 2.30.